The van der Waals surface area contributed by atoms with Crippen LogP contribution in [0.25, 0.3) is 0 Å². The van der Waals surface area contributed by atoms with E-state index in [1.807, 2.05) is 6.07 Å². The highest BCUT2D eigenvalue weighted by Gasteiger charge is 2.61. The van der Waals surface area contributed by atoms with Crippen LogP contribution in [0.15, 0.2) is 78.9 Å². The Hall–Kier alpha value is -4.24. The molecular weight excluding hydrogens is 462 g/mol. The van der Waals surface area contributed by atoms with Gasteiger partial charge in [0, 0.05) is 6.07 Å². The highest BCUT2D eigenvalue weighted by Crippen LogP contribution is 2.49. The van der Waals surface area contributed by atoms with Crippen LogP contribution in [0.2, 0.25) is 0 Å². The number of nitro benzene ring substituents is 1. The lowest BCUT2D eigenvalue weighted by Crippen LogP contribution is -2.37. The second-order valence-electron chi connectivity index (χ2n) is 8.68. The Bertz CT molecular complexity index is 1280. The third kappa shape index (κ3) is 4.07. The predicted molar refractivity (Wildman–Crippen MR) is 132 cm³/mol. The minimum absolute atomic E-state index is 0.139. The average molecular weight is 488 g/mol. The fourth-order valence-corrected chi connectivity index (χ4v) is 4.71. The van der Waals surface area contributed by atoms with Gasteiger partial charge >= 0.3 is 0 Å². The first-order valence-electron chi connectivity index (χ1n) is 11.9. The number of ether oxygens (including phenoxy) is 1. The zero-order chi connectivity index (χ0) is 25.2. The second kappa shape index (κ2) is 9.79. The number of imide groups is 1. The number of nitrogens with zero attached hydrogens (tertiary/aromatic N) is 3. The molecule has 2 aliphatic rings. The van der Waals surface area contributed by atoms with E-state index in [2.05, 4.69) is 6.92 Å². The van der Waals surface area contributed by atoms with Crippen LogP contribution in [0.5, 0.6) is 5.75 Å². The molecular formula is C27H25N3O6. The predicted octanol–water partition coefficient (Wildman–Crippen LogP) is 4.82. The molecule has 36 heavy (non-hydrogen) atoms. The largest absolute Gasteiger partial charge is 0.494 e. The van der Waals surface area contributed by atoms with Gasteiger partial charge in [-0.05, 0) is 48.9 Å². The third-order valence-electron chi connectivity index (χ3n) is 6.44. The van der Waals surface area contributed by atoms with Crippen LogP contribution in [-0.4, -0.2) is 29.4 Å². The topological polar surface area (TPSA) is 102 Å². The molecule has 0 unspecified atom stereocenters. The summed E-state index contributed by atoms with van der Waals surface area (Å²) in [7, 11) is 0. The summed E-state index contributed by atoms with van der Waals surface area (Å²) in [4.78, 5) is 45.7. The molecule has 0 radical (unpaired) electrons. The van der Waals surface area contributed by atoms with Crippen molar-refractivity contribution in [1.29, 1.82) is 0 Å². The summed E-state index contributed by atoms with van der Waals surface area (Å²) in [5, 5.41) is 13.3. The van der Waals surface area contributed by atoms with E-state index in [0.717, 1.165) is 17.7 Å². The number of amides is 2. The number of carbonyl (C=O) groups is 2. The van der Waals surface area contributed by atoms with Gasteiger partial charge in [0.2, 0.25) is 5.91 Å². The smallest absolute Gasteiger partial charge is 0.274 e. The first kappa shape index (κ1) is 23.5. The van der Waals surface area contributed by atoms with Crippen LogP contribution in [0.1, 0.15) is 31.4 Å². The van der Waals surface area contributed by atoms with Gasteiger partial charge in [-0.15, -0.1) is 0 Å². The fourth-order valence-electron chi connectivity index (χ4n) is 4.71. The molecule has 0 aliphatic carbocycles. The van der Waals surface area contributed by atoms with Gasteiger partial charge in [-0.25, -0.2) is 9.96 Å². The fraction of sp³-hybridized carbons (Fsp3) is 0.259. The summed E-state index contributed by atoms with van der Waals surface area (Å²) >= 11 is 0. The first-order valence-corrected chi connectivity index (χ1v) is 11.9. The van der Waals surface area contributed by atoms with E-state index < -0.39 is 34.8 Å². The number of hydroxylamine groups is 1. The quantitative estimate of drug-likeness (QED) is 0.194. The average Bonchev–Trinajstić information content (AvgIpc) is 3.41. The summed E-state index contributed by atoms with van der Waals surface area (Å²) < 4.78 is 5.68. The molecule has 3 aromatic carbocycles. The van der Waals surface area contributed by atoms with E-state index >= 15 is 0 Å². The molecule has 0 saturated carbocycles. The van der Waals surface area contributed by atoms with Crippen LogP contribution >= 0.6 is 0 Å². The van der Waals surface area contributed by atoms with Crippen LogP contribution in [0, 0.1) is 16.0 Å². The van der Waals surface area contributed by atoms with E-state index in [-0.39, 0.29) is 5.69 Å². The van der Waals surface area contributed by atoms with Crippen molar-refractivity contribution in [1.82, 2.24) is 0 Å². The molecule has 2 saturated heterocycles. The highest BCUT2D eigenvalue weighted by atomic mass is 16.7. The van der Waals surface area contributed by atoms with Gasteiger partial charge in [0.25, 0.3) is 11.6 Å². The summed E-state index contributed by atoms with van der Waals surface area (Å²) in [6.45, 7) is 2.66. The minimum atomic E-state index is -1.11. The number of nitro groups is 1. The van der Waals surface area contributed by atoms with Crippen molar-refractivity contribution in [2.24, 2.45) is 5.92 Å². The van der Waals surface area contributed by atoms with Crippen molar-refractivity contribution in [3.05, 3.63) is 94.5 Å². The Morgan fingerprint density at radius 3 is 2.31 bits per heavy atom. The summed E-state index contributed by atoms with van der Waals surface area (Å²) in [6.07, 6.45) is 0.831. The molecule has 0 spiro atoms. The molecule has 184 valence electrons. The Labute approximate surface area is 207 Å². The number of hydrogen-bond acceptors (Lipinski definition) is 7. The molecule has 2 heterocycles. The van der Waals surface area contributed by atoms with Crippen molar-refractivity contribution in [3.63, 3.8) is 0 Å². The summed E-state index contributed by atoms with van der Waals surface area (Å²) in [6, 6.07) is 21.1. The Kier molecular flexibility index (Phi) is 6.39. The van der Waals surface area contributed by atoms with Crippen molar-refractivity contribution >= 4 is 28.9 Å². The maximum Gasteiger partial charge on any atom is 0.274 e. The van der Waals surface area contributed by atoms with Gasteiger partial charge < -0.3 is 4.74 Å². The number of carbonyl (C=O) groups excluding carboxylic acids is 2. The lowest BCUT2D eigenvalue weighted by Gasteiger charge is -2.28. The first-order chi connectivity index (χ1) is 17.5. The van der Waals surface area contributed by atoms with Crippen molar-refractivity contribution in [2.45, 2.75) is 31.9 Å². The van der Waals surface area contributed by atoms with Crippen molar-refractivity contribution in [2.75, 3.05) is 16.6 Å². The van der Waals surface area contributed by atoms with Gasteiger partial charge in [0.15, 0.2) is 6.10 Å². The van der Waals surface area contributed by atoms with E-state index in [9.17, 15) is 19.7 Å². The SMILES string of the molecule is CCCCOc1ccc(N2C(=O)[C@H]3[C@@H](c4ccccc4[N+](=O)[O-])N(c4ccccc4)O[C@H]3C2=O)cc1. The molecule has 2 amide bonds. The van der Waals surface area contributed by atoms with Gasteiger partial charge in [-0.1, -0.05) is 43.7 Å². The van der Waals surface area contributed by atoms with Crippen LogP contribution in [0.3, 0.4) is 0 Å². The standard InChI is InChI=1S/C27H25N3O6/c1-2-3-17-35-20-15-13-18(14-16-20)28-26(31)23-24(21-11-7-8-12-22(21)30(33)34)29(36-25(23)27(28)32)19-9-5-4-6-10-19/h4-16,23-25H,2-3,17H2,1H3/t23-,24+,25+/m0/s1. The normalized spacial score (nSPS) is 21.1. The molecule has 3 aromatic rings. The second-order valence-corrected chi connectivity index (χ2v) is 8.68. The number of para-hydroxylation sites is 2. The molecule has 5 rings (SSSR count). The zero-order valence-electron chi connectivity index (χ0n) is 19.7. The molecule has 2 fully saturated rings. The van der Waals surface area contributed by atoms with Crippen molar-refractivity contribution < 1.29 is 24.1 Å². The van der Waals surface area contributed by atoms with Gasteiger partial charge in [0.1, 0.15) is 17.7 Å². The van der Waals surface area contributed by atoms with E-state index in [4.69, 9.17) is 9.57 Å². The van der Waals surface area contributed by atoms with E-state index in [1.165, 1.54) is 11.1 Å². The van der Waals surface area contributed by atoms with Gasteiger partial charge in [0.05, 0.1) is 28.5 Å². The molecule has 9 nitrogen and oxygen atoms in total. The minimum Gasteiger partial charge on any atom is -0.494 e. The number of rotatable bonds is 8. The van der Waals surface area contributed by atoms with Crippen LogP contribution < -0.4 is 14.7 Å². The number of benzene rings is 3. The summed E-state index contributed by atoms with van der Waals surface area (Å²) in [5.74, 6) is -1.28. The molecule has 0 aromatic heterocycles. The monoisotopic (exact) mass is 487 g/mol. The zero-order valence-corrected chi connectivity index (χ0v) is 19.7. The molecule has 0 bridgehead atoms. The maximum absolute atomic E-state index is 13.7. The number of unbranched alkanes of at least 4 members (excludes halogenated alkanes) is 1. The molecule has 9 heteroatoms. The van der Waals surface area contributed by atoms with Gasteiger partial charge in [-0.2, -0.15) is 0 Å². The molecule has 2 aliphatic heterocycles. The third-order valence-corrected chi connectivity index (χ3v) is 6.44. The maximum atomic E-state index is 13.7. The number of hydrogen-bond donors (Lipinski definition) is 0. The van der Waals surface area contributed by atoms with Crippen LogP contribution in [0.4, 0.5) is 17.1 Å². The van der Waals surface area contributed by atoms with Gasteiger partial charge in [-0.3, -0.25) is 24.5 Å². The Balaban J connectivity index is 1.51. The molecule has 3 atom stereocenters. The summed E-state index contributed by atoms with van der Waals surface area (Å²) in [5.41, 5.74) is 1.16. The Morgan fingerprint density at radius 1 is 0.917 bits per heavy atom. The van der Waals surface area contributed by atoms with Crippen molar-refractivity contribution in [3.8, 4) is 5.75 Å². The molecule has 0 N–H and O–H groups in total. The lowest BCUT2D eigenvalue weighted by atomic mass is 9.89. The lowest BCUT2D eigenvalue weighted by molar-refractivity contribution is -0.385. The number of anilines is 2. The number of fused-ring (bicyclic) bond motifs is 1. The van der Waals surface area contributed by atoms with Crippen LogP contribution in [-0.2, 0) is 14.4 Å². The van der Waals surface area contributed by atoms with E-state index in [1.54, 1.807) is 66.7 Å². The highest BCUT2D eigenvalue weighted by molar-refractivity contribution is 6.24. The Morgan fingerprint density at radius 2 is 1.61 bits per heavy atom. The van der Waals surface area contributed by atoms with E-state index in [0.29, 0.717) is 29.3 Å².